The Morgan fingerprint density at radius 2 is 1.97 bits per heavy atom. The molecule has 1 aliphatic heterocycles. The van der Waals surface area contributed by atoms with Crippen molar-refractivity contribution in [3.8, 4) is 5.75 Å². The Morgan fingerprint density at radius 3 is 2.65 bits per heavy atom. The summed E-state index contributed by atoms with van der Waals surface area (Å²) in [6, 6.07) is 8.84. The van der Waals surface area contributed by atoms with E-state index in [-0.39, 0.29) is 30.6 Å². The highest BCUT2D eigenvalue weighted by molar-refractivity contribution is 6.32. The minimum absolute atomic E-state index is 0.0605. The summed E-state index contributed by atoms with van der Waals surface area (Å²) in [5, 5.41) is 8.10. The van der Waals surface area contributed by atoms with E-state index in [9.17, 15) is 18.8 Å². The highest BCUT2D eigenvalue weighted by Gasteiger charge is 2.29. The number of hydrogen-bond acceptors (Lipinski definition) is 4. The van der Waals surface area contributed by atoms with Gasteiger partial charge in [0.2, 0.25) is 5.91 Å². The first-order valence-corrected chi connectivity index (χ1v) is 9.86. The van der Waals surface area contributed by atoms with Gasteiger partial charge >= 0.3 is 0 Å². The molecule has 0 saturated heterocycles. The molecule has 2 aromatic rings. The van der Waals surface area contributed by atoms with Crippen molar-refractivity contribution in [1.29, 1.82) is 0 Å². The van der Waals surface area contributed by atoms with Crippen LogP contribution in [0.3, 0.4) is 0 Å². The third-order valence-electron chi connectivity index (χ3n) is 4.85. The second-order valence-electron chi connectivity index (χ2n) is 6.99. The van der Waals surface area contributed by atoms with Crippen molar-refractivity contribution in [3.05, 3.63) is 70.1 Å². The van der Waals surface area contributed by atoms with E-state index >= 15 is 0 Å². The maximum atomic E-state index is 13.3. The van der Waals surface area contributed by atoms with Crippen LogP contribution in [0.25, 0.3) is 0 Å². The SMILES string of the molecule is CNC(=O)COc1cc(NC(=O)C2=CNC(=O)C[C@H]2c2ccc(F)cc2)c(C)cc1Cl. The number of carbonyl (C=O) groups is 3. The topological polar surface area (TPSA) is 96.5 Å². The third kappa shape index (κ3) is 5.40. The summed E-state index contributed by atoms with van der Waals surface area (Å²) >= 11 is 6.19. The van der Waals surface area contributed by atoms with Crippen LogP contribution in [-0.2, 0) is 14.4 Å². The van der Waals surface area contributed by atoms with Crippen LogP contribution in [0.15, 0.2) is 48.2 Å². The number of likely N-dealkylation sites (N-methyl/N-ethyl adjacent to an activating group) is 1. The van der Waals surface area contributed by atoms with E-state index in [4.69, 9.17) is 16.3 Å². The van der Waals surface area contributed by atoms with Crippen LogP contribution in [0.2, 0.25) is 5.02 Å². The normalized spacial score (nSPS) is 15.5. The van der Waals surface area contributed by atoms with Crippen molar-refractivity contribution >= 4 is 35.0 Å². The molecule has 0 aliphatic carbocycles. The average molecular weight is 446 g/mol. The van der Waals surface area contributed by atoms with Gasteiger partial charge in [-0.25, -0.2) is 4.39 Å². The molecule has 0 fully saturated rings. The summed E-state index contributed by atoms with van der Waals surface area (Å²) < 4.78 is 18.7. The van der Waals surface area contributed by atoms with Gasteiger partial charge in [0.15, 0.2) is 6.61 Å². The molecule has 0 bridgehead atoms. The van der Waals surface area contributed by atoms with Gasteiger partial charge < -0.3 is 20.7 Å². The zero-order valence-corrected chi connectivity index (χ0v) is 17.7. The van der Waals surface area contributed by atoms with Gasteiger partial charge in [0.25, 0.3) is 11.8 Å². The Morgan fingerprint density at radius 1 is 1.26 bits per heavy atom. The lowest BCUT2D eigenvalue weighted by Crippen LogP contribution is -2.32. The summed E-state index contributed by atoms with van der Waals surface area (Å²) in [5.41, 5.74) is 2.11. The fourth-order valence-electron chi connectivity index (χ4n) is 3.14. The van der Waals surface area contributed by atoms with Gasteiger partial charge in [-0.3, -0.25) is 14.4 Å². The lowest BCUT2D eigenvalue weighted by atomic mass is 9.86. The molecule has 2 aromatic carbocycles. The molecule has 3 amide bonds. The van der Waals surface area contributed by atoms with E-state index in [1.165, 1.54) is 31.4 Å². The van der Waals surface area contributed by atoms with E-state index in [2.05, 4.69) is 16.0 Å². The predicted octanol–water partition coefficient (Wildman–Crippen LogP) is 3.04. The highest BCUT2D eigenvalue weighted by atomic mass is 35.5. The molecule has 3 N–H and O–H groups in total. The second kappa shape index (κ2) is 9.61. The maximum absolute atomic E-state index is 13.3. The summed E-state index contributed by atoms with van der Waals surface area (Å²) in [6.07, 6.45) is 1.43. The summed E-state index contributed by atoms with van der Waals surface area (Å²) in [4.78, 5) is 36.4. The van der Waals surface area contributed by atoms with Gasteiger partial charge in [-0.2, -0.15) is 0 Å². The van der Waals surface area contributed by atoms with E-state index < -0.39 is 17.6 Å². The molecule has 3 rings (SSSR count). The van der Waals surface area contributed by atoms with Crippen LogP contribution >= 0.6 is 11.6 Å². The first-order valence-electron chi connectivity index (χ1n) is 9.48. The largest absolute Gasteiger partial charge is 0.482 e. The molecule has 0 radical (unpaired) electrons. The standard InChI is InChI=1S/C22H21ClFN3O4/c1-12-7-17(23)19(31-11-21(29)25-2)9-18(12)27-22(30)16-10-26-20(28)8-15(16)13-3-5-14(24)6-4-13/h3-7,9-10,15H,8,11H2,1-2H3,(H,25,29)(H,26,28)(H,27,30)/t15-/m0/s1. The summed E-state index contributed by atoms with van der Waals surface area (Å²) in [7, 11) is 1.49. The number of benzene rings is 2. The number of hydrogen-bond donors (Lipinski definition) is 3. The lowest BCUT2D eigenvalue weighted by Gasteiger charge is -2.24. The minimum Gasteiger partial charge on any atom is -0.482 e. The van der Waals surface area contributed by atoms with Gasteiger partial charge in [-0.05, 0) is 36.2 Å². The quantitative estimate of drug-likeness (QED) is 0.636. The number of ether oxygens (including phenoxy) is 1. The molecule has 7 nitrogen and oxygen atoms in total. The molecule has 0 unspecified atom stereocenters. The smallest absolute Gasteiger partial charge is 0.257 e. The summed E-state index contributed by atoms with van der Waals surface area (Å²) in [5.74, 6) is -1.68. The molecule has 1 heterocycles. The minimum atomic E-state index is -0.522. The van der Waals surface area contributed by atoms with E-state index in [1.807, 2.05) is 0 Å². The van der Waals surface area contributed by atoms with Gasteiger partial charge in [-0.1, -0.05) is 23.7 Å². The zero-order valence-electron chi connectivity index (χ0n) is 16.9. The first-order chi connectivity index (χ1) is 14.8. The number of carbonyl (C=O) groups excluding carboxylic acids is 3. The monoisotopic (exact) mass is 445 g/mol. The molecule has 162 valence electrons. The molecule has 31 heavy (non-hydrogen) atoms. The lowest BCUT2D eigenvalue weighted by molar-refractivity contribution is -0.123. The molecule has 1 aliphatic rings. The average Bonchev–Trinajstić information content (AvgIpc) is 2.74. The number of halogens is 2. The first kappa shape index (κ1) is 22.3. The number of rotatable bonds is 6. The van der Waals surface area contributed by atoms with E-state index in [0.29, 0.717) is 27.4 Å². The van der Waals surface area contributed by atoms with Crippen LogP contribution in [0.4, 0.5) is 10.1 Å². The van der Waals surface area contributed by atoms with Crippen LogP contribution in [0.5, 0.6) is 5.75 Å². The van der Waals surface area contributed by atoms with Gasteiger partial charge in [0.1, 0.15) is 11.6 Å². The Kier molecular flexibility index (Phi) is 6.91. The molecular formula is C22H21ClFN3O4. The second-order valence-corrected chi connectivity index (χ2v) is 7.40. The molecular weight excluding hydrogens is 425 g/mol. The van der Waals surface area contributed by atoms with Crippen LogP contribution in [0.1, 0.15) is 23.5 Å². The van der Waals surface area contributed by atoms with Gasteiger partial charge in [0.05, 0.1) is 5.02 Å². The van der Waals surface area contributed by atoms with Crippen LogP contribution in [-0.4, -0.2) is 31.4 Å². The molecule has 9 heteroatoms. The van der Waals surface area contributed by atoms with Crippen LogP contribution < -0.4 is 20.7 Å². The Labute approximate surface area is 183 Å². The summed E-state index contributed by atoms with van der Waals surface area (Å²) in [6.45, 7) is 1.54. The van der Waals surface area contributed by atoms with E-state index in [0.717, 1.165) is 0 Å². The fourth-order valence-corrected chi connectivity index (χ4v) is 3.41. The van der Waals surface area contributed by atoms with Gasteiger partial charge in [-0.15, -0.1) is 0 Å². The highest BCUT2D eigenvalue weighted by Crippen LogP contribution is 2.34. The maximum Gasteiger partial charge on any atom is 0.257 e. The predicted molar refractivity (Wildman–Crippen MR) is 114 cm³/mol. The Bertz CT molecular complexity index is 1050. The van der Waals surface area contributed by atoms with Crippen molar-refractivity contribution in [2.45, 2.75) is 19.3 Å². The van der Waals surface area contributed by atoms with Crippen molar-refractivity contribution in [3.63, 3.8) is 0 Å². The molecule has 1 atom stereocenters. The van der Waals surface area contributed by atoms with Crippen molar-refractivity contribution in [2.24, 2.45) is 0 Å². The van der Waals surface area contributed by atoms with Crippen LogP contribution in [0, 0.1) is 12.7 Å². The Balaban J connectivity index is 1.84. The van der Waals surface area contributed by atoms with Crippen molar-refractivity contribution < 1.29 is 23.5 Å². The molecule has 0 spiro atoms. The van der Waals surface area contributed by atoms with E-state index in [1.54, 1.807) is 25.1 Å². The zero-order chi connectivity index (χ0) is 22.5. The fraction of sp³-hybridized carbons (Fsp3) is 0.227. The number of nitrogens with one attached hydrogen (secondary N) is 3. The van der Waals surface area contributed by atoms with Crippen molar-refractivity contribution in [2.75, 3.05) is 19.0 Å². The van der Waals surface area contributed by atoms with Crippen molar-refractivity contribution in [1.82, 2.24) is 10.6 Å². The van der Waals surface area contributed by atoms with Gasteiger partial charge in [0, 0.05) is 42.9 Å². The number of anilines is 1. The molecule has 0 saturated carbocycles. The third-order valence-corrected chi connectivity index (χ3v) is 5.15. The Hall–Kier alpha value is -3.39. The number of amides is 3. The molecule has 0 aromatic heterocycles. The number of aryl methyl sites for hydroxylation is 1.